The number of furan rings is 2. The fourth-order valence-electron chi connectivity index (χ4n) is 13.5. The lowest BCUT2D eigenvalue weighted by atomic mass is 9.33. The Bertz CT molecular complexity index is 3640. The molecule has 0 spiro atoms. The quantitative estimate of drug-likeness (QED) is 0.165. The zero-order valence-corrected chi connectivity index (χ0v) is 41.6. The van der Waals surface area contributed by atoms with Crippen LogP contribution in [0.2, 0.25) is 0 Å². The van der Waals surface area contributed by atoms with Crippen LogP contribution < -0.4 is 31.1 Å². The summed E-state index contributed by atoms with van der Waals surface area (Å²) in [5.41, 5.74) is 20.7. The average molecular weight is 912 g/mol. The molecule has 344 valence electrons. The van der Waals surface area contributed by atoms with Crippen LogP contribution in [0, 0.1) is 0 Å². The highest BCUT2D eigenvalue weighted by Crippen LogP contribution is 2.62. The van der Waals surface area contributed by atoms with Gasteiger partial charge < -0.3 is 23.5 Å². The molecule has 2 atom stereocenters. The zero-order valence-electron chi connectivity index (χ0n) is 41.6. The smallest absolute Gasteiger partial charge is 0.252 e. The van der Waals surface area contributed by atoms with E-state index in [0.717, 1.165) is 68.1 Å². The van der Waals surface area contributed by atoms with E-state index in [0.29, 0.717) is 0 Å². The molecule has 2 unspecified atom stereocenters. The summed E-state index contributed by atoms with van der Waals surface area (Å²) in [6.07, 6.45) is 4.70. The number of fused-ring (bicyclic) bond motifs is 13. The van der Waals surface area contributed by atoms with Crippen molar-refractivity contribution in [2.45, 2.75) is 103 Å². The minimum absolute atomic E-state index is 0.0259. The predicted molar refractivity (Wildman–Crippen MR) is 295 cm³/mol. The molecule has 0 N–H and O–H groups in total. The van der Waals surface area contributed by atoms with E-state index in [1.807, 2.05) is 0 Å². The first kappa shape index (κ1) is 41.8. The minimum atomic E-state index is -0.162. The molecule has 8 aromatic carbocycles. The van der Waals surface area contributed by atoms with Gasteiger partial charge in [0.05, 0.1) is 27.7 Å². The number of rotatable bonds is 3. The first-order valence-electron chi connectivity index (χ1n) is 25.5. The normalized spacial score (nSPS) is 19.5. The lowest BCUT2D eigenvalue weighted by molar-refractivity contribution is 0.195. The summed E-state index contributed by atoms with van der Waals surface area (Å²) in [6, 6.07) is 59.5. The van der Waals surface area contributed by atoms with Crippen molar-refractivity contribution in [1.29, 1.82) is 0 Å². The second kappa shape index (κ2) is 14.2. The molecule has 0 saturated heterocycles. The Hall–Kier alpha value is -7.18. The Balaban J connectivity index is 1.17. The largest absolute Gasteiger partial charge is 0.456 e. The maximum absolute atomic E-state index is 6.72. The summed E-state index contributed by atoms with van der Waals surface area (Å²) in [4.78, 5) is 8.02. The molecule has 10 aromatic rings. The lowest BCUT2D eigenvalue weighted by Crippen LogP contribution is -2.61. The molecule has 70 heavy (non-hydrogen) atoms. The van der Waals surface area contributed by atoms with E-state index in [4.69, 9.17) is 8.83 Å². The molecule has 3 aliphatic heterocycles. The Labute approximate surface area is 411 Å². The van der Waals surface area contributed by atoms with Crippen LogP contribution in [0.15, 0.2) is 167 Å². The van der Waals surface area contributed by atoms with Gasteiger partial charge in [0.1, 0.15) is 22.3 Å². The number of hydrogen-bond donors (Lipinski definition) is 0. The van der Waals surface area contributed by atoms with Gasteiger partial charge in [-0.1, -0.05) is 152 Å². The van der Waals surface area contributed by atoms with Crippen LogP contribution in [-0.4, -0.2) is 12.3 Å². The van der Waals surface area contributed by atoms with Gasteiger partial charge in [0.2, 0.25) is 0 Å². The van der Waals surface area contributed by atoms with E-state index in [-0.39, 0.29) is 28.5 Å². The van der Waals surface area contributed by atoms with Gasteiger partial charge in [0.15, 0.2) is 0 Å². The standard InChI is InChI=1S/C64H58BN3O2/c1-61(2,3)39-29-31-45-50(35-39)66(48-23-17-27-56-58(48)42-19-9-13-25-54(42)69-56)52-37-41(68-47-22-12-11-21-44(47)63(7)33-15-16-34-64(63,68)8)38-53-60(52)65(45)46-32-30-40(62(4,5)6)36-51(46)67(53)49-24-18-28-57-59(49)43-20-10-14-26-55(43)70-57/h9-14,17-32,35-38H,15-16,33-34H2,1-8H3. The molecule has 0 bridgehead atoms. The number of benzene rings is 8. The fraction of sp³-hybridized carbons (Fsp3) is 0.250. The van der Waals surface area contributed by atoms with Crippen LogP contribution in [-0.2, 0) is 16.2 Å². The molecule has 14 rings (SSSR count). The summed E-state index contributed by atoms with van der Waals surface area (Å²) < 4.78 is 13.4. The summed E-state index contributed by atoms with van der Waals surface area (Å²) in [6.45, 7) is 19.1. The van der Waals surface area contributed by atoms with Crippen LogP contribution in [0.3, 0.4) is 0 Å². The molecule has 0 radical (unpaired) electrons. The summed E-state index contributed by atoms with van der Waals surface area (Å²) in [5, 5.41) is 4.48. The minimum Gasteiger partial charge on any atom is -0.456 e. The molecule has 1 saturated carbocycles. The van der Waals surface area contributed by atoms with E-state index >= 15 is 0 Å². The van der Waals surface area contributed by atoms with Gasteiger partial charge >= 0.3 is 0 Å². The highest BCUT2D eigenvalue weighted by Gasteiger charge is 2.58. The molecule has 1 aliphatic carbocycles. The molecular weight excluding hydrogens is 854 g/mol. The van der Waals surface area contributed by atoms with Gasteiger partial charge in [-0.2, -0.15) is 0 Å². The van der Waals surface area contributed by atoms with Crippen LogP contribution in [0.4, 0.5) is 45.5 Å². The monoisotopic (exact) mass is 911 g/mol. The van der Waals surface area contributed by atoms with E-state index in [9.17, 15) is 0 Å². The van der Waals surface area contributed by atoms with Crippen molar-refractivity contribution in [2.75, 3.05) is 14.7 Å². The van der Waals surface area contributed by atoms with E-state index in [1.165, 1.54) is 80.0 Å². The average Bonchev–Trinajstić information content (AvgIpc) is 3.99. The molecule has 5 nitrogen and oxygen atoms in total. The highest BCUT2D eigenvalue weighted by atomic mass is 16.3. The molecular formula is C64H58BN3O2. The van der Waals surface area contributed by atoms with Gasteiger partial charge in [-0.3, -0.25) is 0 Å². The molecule has 6 heteroatoms. The Morgan fingerprint density at radius 3 is 1.47 bits per heavy atom. The number of para-hydroxylation sites is 3. The van der Waals surface area contributed by atoms with Gasteiger partial charge in [-0.05, 0) is 130 Å². The van der Waals surface area contributed by atoms with E-state index < -0.39 is 0 Å². The van der Waals surface area contributed by atoms with Crippen molar-refractivity contribution < 1.29 is 8.83 Å². The number of nitrogens with zero attached hydrogens (tertiary/aromatic N) is 3. The lowest BCUT2D eigenvalue weighted by Gasteiger charge is -2.51. The zero-order chi connectivity index (χ0) is 47.6. The predicted octanol–water partition coefficient (Wildman–Crippen LogP) is 15.9. The summed E-state index contributed by atoms with van der Waals surface area (Å²) in [7, 11) is 0. The molecule has 0 amide bonds. The third-order valence-electron chi connectivity index (χ3n) is 17.3. The van der Waals surface area contributed by atoms with Crippen molar-refractivity contribution in [3.63, 3.8) is 0 Å². The first-order valence-corrected chi connectivity index (χ1v) is 25.5. The summed E-state index contributed by atoms with van der Waals surface area (Å²) in [5.74, 6) is 0. The molecule has 4 aliphatic rings. The number of anilines is 8. The van der Waals surface area contributed by atoms with E-state index in [2.05, 4.69) is 228 Å². The van der Waals surface area contributed by atoms with E-state index in [1.54, 1.807) is 0 Å². The molecule has 1 fully saturated rings. The van der Waals surface area contributed by atoms with Crippen LogP contribution >= 0.6 is 0 Å². The topological polar surface area (TPSA) is 36.0 Å². The Morgan fingerprint density at radius 1 is 0.457 bits per heavy atom. The maximum Gasteiger partial charge on any atom is 0.252 e. The van der Waals surface area contributed by atoms with Gasteiger partial charge in [-0.15, -0.1) is 0 Å². The molecule has 2 aromatic heterocycles. The Morgan fingerprint density at radius 2 is 0.929 bits per heavy atom. The van der Waals surface area contributed by atoms with Gasteiger partial charge in [0, 0.05) is 50.3 Å². The van der Waals surface area contributed by atoms with Crippen molar-refractivity contribution in [1.82, 2.24) is 0 Å². The highest BCUT2D eigenvalue weighted by molar-refractivity contribution is 7.00. The Kier molecular flexibility index (Phi) is 8.49. The fourth-order valence-corrected chi connectivity index (χ4v) is 13.5. The van der Waals surface area contributed by atoms with Crippen molar-refractivity contribution in [2.24, 2.45) is 0 Å². The third-order valence-corrected chi connectivity index (χ3v) is 17.3. The SMILES string of the molecule is CC(C)(C)c1ccc2c(c1)N(c1cccc3oc4ccccc4c13)c1cc(N3c4ccccc4C4(C)CCCCC34C)cc3c1B2c1ccc(C(C)(C)C)cc1N3c1cccc2oc3ccccc3c12. The first-order chi connectivity index (χ1) is 33.7. The van der Waals surface area contributed by atoms with Gasteiger partial charge in [0.25, 0.3) is 6.71 Å². The second-order valence-corrected chi connectivity index (χ2v) is 23.2. The van der Waals surface area contributed by atoms with Crippen LogP contribution in [0.5, 0.6) is 0 Å². The second-order valence-electron chi connectivity index (χ2n) is 23.2. The van der Waals surface area contributed by atoms with Crippen molar-refractivity contribution in [3.05, 3.63) is 174 Å². The van der Waals surface area contributed by atoms with Gasteiger partial charge in [-0.25, -0.2) is 0 Å². The molecule has 5 heterocycles. The number of hydrogen-bond acceptors (Lipinski definition) is 5. The maximum atomic E-state index is 6.72. The van der Waals surface area contributed by atoms with Crippen LogP contribution in [0.1, 0.15) is 97.8 Å². The van der Waals surface area contributed by atoms with Crippen molar-refractivity contribution in [3.8, 4) is 0 Å². The summed E-state index contributed by atoms with van der Waals surface area (Å²) >= 11 is 0. The van der Waals surface area contributed by atoms with Crippen molar-refractivity contribution >= 4 is 112 Å². The van der Waals surface area contributed by atoms with Crippen LogP contribution in [0.25, 0.3) is 43.9 Å². The third kappa shape index (κ3) is 5.56.